The lowest BCUT2D eigenvalue weighted by atomic mass is 10.0. The van der Waals surface area contributed by atoms with Gasteiger partial charge in [0.15, 0.2) is 0 Å². The highest BCUT2D eigenvalue weighted by atomic mass is 35.5. The molecule has 1 aromatic rings. The van der Waals surface area contributed by atoms with Gasteiger partial charge in [-0.2, -0.15) is 0 Å². The molecular weight excluding hydrogens is 280 g/mol. The molecule has 0 bridgehead atoms. The van der Waals surface area contributed by atoms with Gasteiger partial charge in [0.05, 0.1) is 6.54 Å². The van der Waals surface area contributed by atoms with E-state index in [1.54, 1.807) is 36.4 Å². The Morgan fingerprint density at radius 3 is 2.45 bits per heavy atom. The zero-order chi connectivity index (χ0) is 14.7. The fourth-order valence-corrected chi connectivity index (χ4v) is 2.12. The first kappa shape index (κ1) is 14.4. The average Bonchev–Trinajstić information content (AvgIpc) is 2.42. The van der Waals surface area contributed by atoms with Crippen LogP contribution < -0.4 is 0 Å². The van der Waals surface area contributed by atoms with Crippen LogP contribution >= 0.6 is 11.6 Å². The molecule has 0 aromatic heterocycles. The first-order valence-corrected chi connectivity index (χ1v) is 6.30. The molecule has 0 N–H and O–H groups in total. The predicted molar refractivity (Wildman–Crippen MR) is 78.2 cm³/mol. The van der Waals surface area contributed by atoms with Crippen LogP contribution in [0.5, 0.6) is 0 Å². The number of hydrogen-bond donors (Lipinski definition) is 0. The molecule has 1 aliphatic heterocycles. The number of terminal acetylenes is 1. The molecule has 1 aliphatic rings. The van der Waals surface area contributed by atoms with Crippen molar-refractivity contribution in [2.45, 2.75) is 6.43 Å². The van der Waals surface area contributed by atoms with Gasteiger partial charge < -0.3 is 4.90 Å². The van der Waals surface area contributed by atoms with Gasteiger partial charge in [-0.1, -0.05) is 36.2 Å². The largest absolute Gasteiger partial charge is 0.335 e. The maximum Gasteiger partial charge on any atom is 0.256 e. The van der Waals surface area contributed by atoms with Crippen LogP contribution in [0, 0.1) is 12.3 Å². The Kier molecular flexibility index (Phi) is 4.26. The van der Waals surface area contributed by atoms with Gasteiger partial charge in [-0.25, -0.2) is 8.78 Å². The van der Waals surface area contributed by atoms with Crippen molar-refractivity contribution in [3.8, 4) is 12.3 Å². The van der Waals surface area contributed by atoms with Crippen LogP contribution in [0.3, 0.4) is 0 Å². The fourth-order valence-electron chi connectivity index (χ4n) is 1.99. The number of alkyl halides is 2. The fraction of sp³-hybridized carbons (Fsp3) is 0.125. The summed E-state index contributed by atoms with van der Waals surface area (Å²) in [5.41, 5.74) is 2.32. The predicted octanol–water partition coefficient (Wildman–Crippen LogP) is 4.33. The van der Waals surface area contributed by atoms with E-state index in [2.05, 4.69) is 12.5 Å². The summed E-state index contributed by atoms with van der Waals surface area (Å²) in [7, 11) is 0. The van der Waals surface area contributed by atoms with Crippen molar-refractivity contribution in [2.75, 3.05) is 6.54 Å². The van der Waals surface area contributed by atoms with E-state index < -0.39 is 13.0 Å². The Hall–Kier alpha value is -2.05. The summed E-state index contributed by atoms with van der Waals surface area (Å²) in [6.45, 7) is 3.36. The lowest BCUT2D eigenvalue weighted by Crippen LogP contribution is -2.29. The zero-order valence-electron chi connectivity index (χ0n) is 10.6. The summed E-state index contributed by atoms with van der Waals surface area (Å²) < 4.78 is 25.5. The van der Waals surface area contributed by atoms with Crippen LogP contribution in [0.2, 0.25) is 5.02 Å². The highest BCUT2D eigenvalue weighted by Crippen LogP contribution is 2.31. The Morgan fingerprint density at radius 1 is 1.25 bits per heavy atom. The van der Waals surface area contributed by atoms with Gasteiger partial charge in [-0.05, 0) is 29.8 Å². The van der Waals surface area contributed by atoms with Crippen LogP contribution in [-0.4, -0.2) is 17.9 Å². The van der Waals surface area contributed by atoms with Crippen molar-refractivity contribution < 1.29 is 8.78 Å². The highest BCUT2D eigenvalue weighted by Gasteiger charge is 2.23. The Labute approximate surface area is 121 Å². The molecule has 1 heterocycles. The first-order chi connectivity index (χ1) is 9.52. The van der Waals surface area contributed by atoms with Gasteiger partial charge in [0.25, 0.3) is 6.43 Å². The summed E-state index contributed by atoms with van der Waals surface area (Å²) in [5.74, 6) is 2.45. The molecule has 2 rings (SSSR count). The molecule has 0 radical (unpaired) electrons. The minimum atomic E-state index is -2.49. The third-order valence-corrected chi connectivity index (χ3v) is 3.20. The van der Waals surface area contributed by atoms with E-state index in [1.807, 2.05) is 0 Å². The molecular formula is C16H12ClF2N. The van der Waals surface area contributed by atoms with E-state index in [-0.39, 0.29) is 0 Å². The highest BCUT2D eigenvalue weighted by molar-refractivity contribution is 6.30. The number of rotatable bonds is 3. The smallest absolute Gasteiger partial charge is 0.256 e. The Bertz CT molecular complexity index is 621. The average molecular weight is 292 g/mol. The molecule has 0 aliphatic carbocycles. The van der Waals surface area contributed by atoms with E-state index in [9.17, 15) is 8.78 Å². The van der Waals surface area contributed by atoms with Gasteiger partial charge in [-0.15, -0.1) is 6.42 Å². The van der Waals surface area contributed by atoms with E-state index in [4.69, 9.17) is 18.0 Å². The lowest BCUT2D eigenvalue weighted by Gasteiger charge is -2.31. The van der Waals surface area contributed by atoms with E-state index in [0.717, 1.165) is 5.56 Å². The van der Waals surface area contributed by atoms with Crippen LogP contribution in [0.25, 0.3) is 5.70 Å². The third kappa shape index (κ3) is 2.92. The second-order valence-electron chi connectivity index (χ2n) is 4.23. The summed E-state index contributed by atoms with van der Waals surface area (Å²) in [5, 5.41) is 0.587. The first-order valence-electron chi connectivity index (χ1n) is 5.92. The number of halogens is 3. The van der Waals surface area contributed by atoms with Gasteiger partial charge in [0.2, 0.25) is 0 Å². The summed E-state index contributed by atoms with van der Waals surface area (Å²) in [6, 6.07) is 6.96. The topological polar surface area (TPSA) is 3.24 Å². The number of hydrogen-bond acceptors (Lipinski definition) is 1. The second-order valence-corrected chi connectivity index (χ2v) is 4.67. The van der Waals surface area contributed by atoms with Crippen LogP contribution in [0.15, 0.2) is 54.3 Å². The Morgan fingerprint density at radius 2 is 1.90 bits per heavy atom. The SMILES string of the molecule is C#CC1=CC=C(c2ccc(Cl)cc2)N(CC(F)F)C1=C. The number of nitrogens with zero attached hydrogens (tertiary/aromatic N) is 1. The van der Waals surface area contributed by atoms with Crippen LogP contribution in [-0.2, 0) is 0 Å². The molecule has 0 amide bonds. The normalized spacial score (nSPS) is 14.9. The van der Waals surface area contributed by atoms with Crippen molar-refractivity contribution in [3.05, 3.63) is 64.9 Å². The molecule has 1 nitrogen and oxygen atoms in total. The minimum Gasteiger partial charge on any atom is -0.335 e. The van der Waals surface area contributed by atoms with Crippen molar-refractivity contribution in [2.24, 2.45) is 0 Å². The number of allylic oxidation sites excluding steroid dienone is 3. The molecule has 20 heavy (non-hydrogen) atoms. The summed E-state index contributed by atoms with van der Waals surface area (Å²) >= 11 is 5.84. The molecule has 1 aromatic carbocycles. The lowest BCUT2D eigenvalue weighted by molar-refractivity contribution is 0.123. The molecule has 0 atom stereocenters. The Balaban J connectivity index is 2.44. The molecule has 0 saturated heterocycles. The minimum absolute atomic E-state index is 0.403. The van der Waals surface area contributed by atoms with Gasteiger partial charge >= 0.3 is 0 Å². The monoisotopic (exact) mass is 291 g/mol. The second kappa shape index (κ2) is 5.94. The summed E-state index contributed by atoms with van der Waals surface area (Å²) in [4.78, 5) is 1.43. The van der Waals surface area contributed by atoms with Crippen LogP contribution in [0.4, 0.5) is 8.78 Å². The third-order valence-electron chi connectivity index (χ3n) is 2.95. The number of benzene rings is 1. The van der Waals surface area contributed by atoms with Crippen molar-refractivity contribution in [1.82, 2.24) is 4.90 Å². The van der Waals surface area contributed by atoms with Gasteiger partial charge in [0.1, 0.15) is 0 Å². The van der Waals surface area contributed by atoms with E-state index in [0.29, 0.717) is 22.0 Å². The van der Waals surface area contributed by atoms with Gasteiger partial charge in [-0.3, -0.25) is 0 Å². The molecule has 4 heteroatoms. The van der Waals surface area contributed by atoms with Gasteiger partial charge in [0, 0.05) is 22.0 Å². The molecule has 0 unspecified atom stereocenters. The zero-order valence-corrected chi connectivity index (χ0v) is 11.4. The van der Waals surface area contributed by atoms with Crippen molar-refractivity contribution >= 4 is 17.3 Å². The molecule has 0 saturated carbocycles. The van der Waals surface area contributed by atoms with E-state index in [1.165, 1.54) is 4.90 Å². The molecule has 0 spiro atoms. The maximum absolute atomic E-state index is 12.8. The standard InChI is InChI=1S/C16H12ClF2N/c1-3-12-6-9-15(13-4-7-14(17)8-5-13)20(11(12)2)10-16(18)19/h1,4-9,16H,2,10H2. The van der Waals surface area contributed by atoms with Crippen molar-refractivity contribution in [1.29, 1.82) is 0 Å². The molecule has 0 fully saturated rings. The molecule has 102 valence electrons. The quantitative estimate of drug-likeness (QED) is 0.749. The van der Waals surface area contributed by atoms with Crippen molar-refractivity contribution in [3.63, 3.8) is 0 Å². The summed E-state index contributed by atoms with van der Waals surface area (Å²) in [6.07, 6.45) is 6.28. The maximum atomic E-state index is 12.8. The van der Waals surface area contributed by atoms with Crippen LogP contribution in [0.1, 0.15) is 5.56 Å². The van der Waals surface area contributed by atoms with E-state index >= 15 is 0 Å².